The molecular formula is C16H20F2N4O2S. The van der Waals surface area contributed by atoms with Crippen molar-refractivity contribution in [1.29, 1.82) is 0 Å². The number of nitrogens with one attached hydrogen (secondary N) is 2. The Morgan fingerprint density at radius 3 is 2.72 bits per heavy atom. The maximum Gasteiger partial charge on any atom is 0.291 e. The second kappa shape index (κ2) is 8.80. The molecule has 0 aliphatic heterocycles. The third kappa shape index (κ3) is 5.15. The Morgan fingerprint density at radius 1 is 1.32 bits per heavy atom. The van der Waals surface area contributed by atoms with Gasteiger partial charge in [0.2, 0.25) is 11.8 Å². The Morgan fingerprint density at radius 2 is 2.04 bits per heavy atom. The monoisotopic (exact) mass is 370 g/mol. The van der Waals surface area contributed by atoms with Crippen LogP contribution in [0.3, 0.4) is 0 Å². The van der Waals surface area contributed by atoms with Gasteiger partial charge in [0.05, 0.1) is 11.0 Å². The number of halogens is 2. The van der Waals surface area contributed by atoms with E-state index in [0.29, 0.717) is 17.6 Å². The lowest BCUT2D eigenvalue weighted by molar-refractivity contribution is -0.128. The van der Waals surface area contributed by atoms with Gasteiger partial charge >= 0.3 is 0 Å². The molecule has 0 saturated carbocycles. The number of aromatic nitrogens is 2. The normalized spacial score (nSPS) is 12.4. The molecule has 0 fully saturated rings. The quantitative estimate of drug-likeness (QED) is 0.700. The fraction of sp³-hybridized carbons (Fsp3) is 0.438. The summed E-state index contributed by atoms with van der Waals surface area (Å²) in [6.07, 6.45) is 0.793. The van der Waals surface area contributed by atoms with E-state index in [1.54, 1.807) is 31.2 Å². The number of hydrogen-bond acceptors (Lipinski definition) is 4. The Balaban J connectivity index is 2.13. The molecule has 0 aliphatic carbocycles. The van der Waals surface area contributed by atoms with E-state index in [1.165, 1.54) is 4.57 Å². The van der Waals surface area contributed by atoms with Crippen LogP contribution in [0.1, 0.15) is 20.3 Å². The maximum absolute atomic E-state index is 12.8. The number of carbonyl (C=O) groups is 2. The van der Waals surface area contributed by atoms with Crippen LogP contribution in [0.5, 0.6) is 0 Å². The highest BCUT2D eigenvalue weighted by atomic mass is 32.2. The second-order valence-electron chi connectivity index (χ2n) is 5.43. The van der Waals surface area contributed by atoms with Crippen LogP contribution in [0.15, 0.2) is 29.4 Å². The number of imidazole rings is 1. The van der Waals surface area contributed by atoms with Crippen LogP contribution >= 0.6 is 11.8 Å². The van der Waals surface area contributed by atoms with Gasteiger partial charge in [-0.2, -0.15) is 8.78 Å². The number of nitrogens with zero attached hydrogens (tertiary/aromatic N) is 2. The van der Waals surface area contributed by atoms with E-state index < -0.39 is 17.7 Å². The van der Waals surface area contributed by atoms with Crippen LogP contribution in [-0.2, 0) is 16.1 Å². The molecule has 25 heavy (non-hydrogen) atoms. The van der Waals surface area contributed by atoms with Crippen LogP contribution in [0.4, 0.5) is 8.78 Å². The van der Waals surface area contributed by atoms with Crippen molar-refractivity contribution in [3.05, 3.63) is 24.3 Å². The molecule has 1 atom stereocenters. The first-order chi connectivity index (χ1) is 11.9. The summed E-state index contributed by atoms with van der Waals surface area (Å²) in [4.78, 5) is 28.2. The van der Waals surface area contributed by atoms with Gasteiger partial charge in [-0.3, -0.25) is 9.59 Å². The first-order valence-corrected chi connectivity index (χ1v) is 8.77. The molecule has 1 heterocycles. The van der Waals surface area contributed by atoms with Crippen molar-refractivity contribution in [3.63, 3.8) is 0 Å². The van der Waals surface area contributed by atoms with Gasteiger partial charge in [-0.1, -0.05) is 19.1 Å². The van der Waals surface area contributed by atoms with Crippen LogP contribution in [0.25, 0.3) is 11.0 Å². The van der Waals surface area contributed by atoms with Crippen LogP contribution in [0, 0.1) is 0 Å². The Bertz CT molecular complexity index is 751. The molecular weight excluding hydrogens is 350 g/mol. The zero-order valence-corrected chi connectivity index (χ0v) is 14.8. The van der Waals surface area contributed by atoms with Crippen LogP contribution < -0.4 is 10.6 Å². The van der Waals surface area contributed by atoms with E-state index in [9.17, 15) is 18.4 Å². The molecule has 0 unspecified atom stereocenters. The number of alkyl halides is 2. The molecule has 1 aromatic heterocycles. The van der Waals surface area contributed by atoms with E-state index in [4.69, 9.17) is 0 Å². The number of rotatable bonds is 8. The number of thioether (sulfide) groups is 1. The van der Waals surface area contributed by atoms with Gasteiger partial charge in [0, 0.05) is 6.54 Å². The molecule has 0 radical (unpaired) electrons. The first kappa shape index (κ1) is 19.2. The van der Waals surface area contributed by atoms with Gasteiger partial charge in [-0.25, -0.2) is 4.98 Å². The molecule has 0 bridgehead atoms. The molecule has 2 N–H and O–H groups in total. The van der Waals surface area contributed by atoms with Gasteiger partial charge in [-0.15, -0.1) is 0 Å². The number of benzene rings is 1. The summed E-state index contributed by atoms with van der Waals surface area (Å²) < 4.78 is 26.9. The van der Waals surface area contributed by atoms with Crippen LogP contribution in [0.2, 0.25) is 0 Å². The summed E-state index contributed by atoms with van der Waals surface area (Å²) in [7, 11) is 0. The lowest BCUT2D eigenvalue weighted by Gasteiger charge is -2.15. The summed E-state index contributed by atoms with van der Waals surface area (Å²) in [5.41, 5.74) is 1.12. The highest BCUT2D eigenvalue weighted by Gasteiger charge is 2.20. The van der Waals surface area contributed by atoms with Crippen LogP contribution in [-0.4, -0.2) is 39.7 Å². The summed E-state index contributed by atoms with van der Waals surface area (Å²) >= 11 is 0.288. The van der Waals surface area contributed by atoms with Gasteiger partial charge in [0.1, 0.15) is 12.6 Å². The summed E-state index contributed by atoms with van der Waals surface area (Å²) in [5.74, 6) is -3.37. The number of amides is 2. The number of fused-ring (bicyclic) bond motifs is 1. The Hall–Kier alpha value is -2.16. The second-order valence-corrected chi connectivity index (χ2v) is 6.39. The third-order valence-corrected chi connectivity index (χ3v) is 4.14. The summed E-state index contributed by atoms with van der Waals surface area (Å²) in [6, 6.07) is 6.19. The molecule has 0 spiro atoms. The fourth-order valence-electron chi connectivity index (χ4n) is 2.27. The third-order valence-electron chi connectivity index (χ3n) is 3.44. The van der Waals surface area contributed by atoms with Crippen molar-refractivity contribution in [1.82, 2.24) is 20.2 Å². The molecule has 136 valence electrons. The van der Waals surface area contributed by atoms with Crippen molar-refractivity contribution in [2.75, 3.05) is 6.54 Å². The first-order valence-electron chi connectivity index (χ1n) is 7.89. The summed E-state index contributed by atoms with van der Waals surface area (Å²) in [6.45, 7) is 3.83. The van der Waals surface area contributed by atoms with E-state index in [-0.39, 0.29) is 29.4 Å². The fourth-order valence-corrected chi connectivity index (χ4v) is 2.87. The Kier molecular flexibility index (Phi) is 6.74. The molecule has 1 aromatic carbocycles. The smallest absolute Gasteiger partial charge is 0.291 e. The highest BCUT2D eigenvalue weighted by molar-refractivity contribution is 7.99. The lowest BCUT2D eigenvalue weighted by atomic mass is 10.3. The molecule has 2 amide bonds. The van der Waals surface area contributed by atoms with Gasteiger partial charge in [0.15, 0.2) is 5.16 Å². The molecule has 6 nitrogen and oxygen atoms in total. The molecule has 0 aliphatic rings. The predicted molar refractivity (Wildman–Crippen MR) is 92.5 cm³/mol. The average molecular weight is 370 g/mol. The standard InChI is InChI=1S/C16H20F2N4O2S/c1-3-8-19-14(24)10(2)20-13(23)9-22-12-7-5-4-6-11(12)21-16(22)25-15(17)18/h4-7,10,15H,3,8-9H2,1-2H3,(H,19,24)(H,20,23)/t10-/m0/s1. The van der Waals surface area contributed by atoms with Crippen molar-refractivity contribution in [2.45, 2.75) is 43.8 Å². The van der Waals surface area contributed by atoms with Crippen molar-refractivity contribution >= 4 is 34.6 Å². The van der Waals surface area contributed by atoms with Gasteiger partial charge < -0.3 is 15.2 Å². The van der Waals surface area contributed by atoms with Gasteiger partial charge in [-0.05, 0) is 37.2 Å². The zero-order valence-electron chi connectivity index (χ0n) is 14.0. The minimum absolute atomic E-state index is 0.0643. The number of para-hydroxylation sites is 2. The number of hydrogen-bond donors (Lipinski definition) is 2. The summed E-state index contributed by atoms with van der Waals surface area (Å²) in [5, 5.41) is 5.33. The highest BCUT2D eigenvalue weighted by Crippen LogP contribution is 2.28. The topological polar surface area (TPSA) is 76.0 Å². The molecule has 2 rings (SSSR count). The van der Waals surface area contributed by atoms with Crippen molar-refractivity contribution in [2.24, 2.45) is 0 Å². The average Bonchev–Trinajstić information content (AvgIpc) is 2.89. The van der Waals surface area contributed by atoms with E-state index in [2.05, 4.69) is 15.6 Å². The molecule has 0 saturated heterocycles. The lowest BCUT2D eigenvalue weighted by Crippen LogP contribution is -2.46. The maximum atomic E-state index is 12.8. The zero-order chi connectivity index (χ0) is 18.4. The van der Waals surface area contributed by atoms with Crippen molar-refractivity contribution in [3.8, 4) is 0 Å². The van der Waals surface area contributed by atoms with E-state index in [1.807, 2.05) is 6.92 Å². The molecule has 9 heteroatoms. The van der Waals surface area contributed by atoms with E-state index in [0.717, 1.165) is 6.42 Å². The Labute approximate surface area is 148 Å². The largest absolute Gasteiger partial charge is 0.354 e. The van der Waals surface area contributed by atoms with Gasteiger partial charge in [0.25, 0.3) is 5.76 Å². The number of carbonyl (C=O) groups excluding carboxylic acids is 2. The van der Waals surface area contributed by atoms with E-state index >= 15 is 0 Å². The minimum atomic E-state index is -2.64. The minimum Gasteiger partial charge on any atom is -0.354 e. The predicted octanol–water partition coefficient (Wildman–Crippen LogP) is 2.38. The SMILES string of the molecule is CCCNC(=O)[C@H](C)NC(=O)Cn1c(SC(F)F)nc2ccccc21. The molecule has 2 aromatic rings. The van der Waals surface area contributed by atoms with Crippen molar-refractivity contribution < 1.29 is 18.4 Å².